The van der Waals surface area contributed by atoms with E-state index in [0.29, 0.717) is 5.69 Å². The van der Waals surface area contributed by atoms with Gasteiger partial charge in [-0.25, -0.2) is 0 Å². The van der Waals surface area contributed by atoms with Crippen molar-refractivity contribution in [1.29, 1.82) is 0 Å². The first kappa shape index (κ1) is 15.6. The lowest BCUT2D eigenvalue weighted by molar-refractivity contribution is 0.0930. The quantitative estimate of drug-likeness (QED) is 0.807. The van der Waals surface area contributed by atoms with Crippen LogP contribution in [0.25, 0.3) is 0 Å². The molecule has 3 N–H and O–H groups in total. The zero-order chi connectivity index (χ0) is 15.4. The molecule has 0 spiro atoms. The summed E-state index contributed by atoms with van der Waals surface area (Å²) in [4.78, 5) is 12.4. The molecule has 2 aromatic rings. The molecule has 0 aliphatic rings. The molecule has 2 rings (SSSR count). The molecule has 1 amide bonds. The van der Waals surface area contributed by atoms with E-state index in [1.165, 1.54) is 0 Å². The van der Waals surface area contributed by atoms with Crippen LogP contribution in [0.4, 0.5) is 5.69 Å². The molecule has 5 heteroatoms. The van der Waals surface area contributed by atoms with Crippen molar-refractivity contribution in [1.82, 2.24) is 9.88 Å². The van der Waals surface area contributed by atoms with E-state index in [4.69, 9.17) is 5.73 Å². The van der Waals surface area contributed by atoms with Crippen LogP contribution >= 0.6 is 15.9 Å². The number of nitrogens with one attached hydrogen (secondary N) is 1. The third kappa shape index (κ3) is 3.88. The molecule has 1 atom stereocenters. The fourth-order valence-corrected chi connectivity index (χ4v) is 2.69. The second kappa shape index (κ2) is 6.80. The van der Waals surface area contributed by atoms with E-state index in [0.717, 1.165) is 28.7 Å². The van der Waals surface area contributed by atoms with Gasteiger partial charge in [-0.2, -0.15) is 0 Å². The number of hydrogen-bond donors (Lipinski definition) is 2. The van der Waals surface area contributed by atoms with Gasteiger partial charge in [0.1, 0.15) is 5.69 Å². The van der Waals surface area contributed by atoms with Gasteiger partial charge in [0.15, 0.2) is 0 Å². The monoisotopic (exact) mass is 349 g/mol. The van der Waals surface area contributed by atoms with Crippen molar-refractivity contribution >= 4 is 27.5 Å². The van der Waals surface area contributed by atoms with E-state index in [1.54, 1.807) is 0 Å². The molecule has 0 aliphatic heterocycles. The number of nitrogens with zero attached hydrogens (tertiary/aromatic N) is 1. The molecule has 112 valence electrons. The first-order valence-electron chi connectivity index (χ1n) is 7.03. The van der Waals surface area contributed by atoms with Crippen LogP contribution in [0.15, 0.2) is 41.0 Å². The highest BCUT2D eigenvalue weighted by atomic mass is 79.9. The first-order chi connectivity index (χ1) is 10.0. The predicted molar refractivity (Wildman–Crippen MR) is 89.2 cm³/mol. The van der Waals surface area contributed by atoms with Crippen LogP contribution in [0.1, 0.15) is 42.4 Å². The molecule has 0 saturated heterocycles. The maximum absolute atomic E-state index is 12.4. The number of aromatic nitrogens is 1. The zero-order valence-corrected chi connectivity index (χ0v) is 13.9. The lowest BCUT2D eigenvalue weighted by atomic mass is 10.1. The summed E-state index contributed by atoms with van der Waals surface area (Å²) in [7, 11) is 0. The number of carbonyl (C=O) groups is 1. The summed E-state index contributed by atoms with van der Waals surface area (Å²) in [5.74, 6) is -0.0709. The van der Waals surface area contributed by atoms with Gasteiger partial charge in [0.25, 0.3) is 5.91 Å². The van der Waals surface area contributed by atoms with Crippen LogP contribution in [-0.2, 0) is 6.54 Å². The van der Waals surface area contributed by atoms with Crippen molar-refractivity contribution in [3.63, 3.8) is 0 Å². The molecule has 0 aliphatic carbocycles. The number of nitrogen functional groups attached to an aromatic ring is 1. The number of anilines is 1. The highest BCUT2D eigenvalue weighted by Crippen LogP contribution is 2.18. The van der Waals surface area contributed by atoms with Crippen LogP contribution < -0.4 is 11.1 Å². The third-order valence-electron chi connectivity index (χ3n) is 3.34. The molecule has 0 fully saturated rings. The van der Waals surface area contributed by atoms with Crippen molar-refractivity contribution in [3.8, 4) is 0 Å². The maximum atomic E-state index is 12.4. The van der Waals surface area contributed by atoms with E-state index in [2.05, 4.69) is 28.2 Å². The smallest absolute Gasteiger partial charge is 0.268 e. The van der Waals surface area contributed by atoms with E-state index >= 15 is 0 Å². The topological polar surface area (TPSA) is 60.0 Å². The molecule has 1 aromatic heterocycles. The van der Waals surface area contributed by atoms with Crippen molar-refractivity contribution in [2.75, 3.05) is 5.73 Å². The van der Waals surface area contributed by atoms with Crippen molar-refractivity contribution in [3.05, 3.63) is 52.3 Å². The Kier molecular flexibility index (Phi) is 5.07. The average Bonchev–Trinajstić information content (AvgIpc) is 2.81. The summed E-state index contributed by atoms with van der Waals surface area (Å²) >= 11 is 3.43. The molecule has 1 aromatic carbocycles. The van der Waals surface area contributed by atoms with Crippen LogP contribution in [-0.4, -0.2) is 10.5 Å². The first-order valence-corrected chi connectivity index (χ1v) is 7.82. The Balaban J connectivity index is 2.12. The van der Waals surface area contributed by atoms with Gasteiger partial charge in [0, 0.05) is 22.9 Å². The Hall–Kier alpha value is -1.75. The van der Waals surface area contributed by atoms with E-state index in [-0.39, 0.29) is 11.9 Å². The summed E-state index contributed by atoms with van der Waals surface area (Å²) < 4.78 is 2.89. The van der Waals surface area contributed by atoms with Gasteiger partial charge in [-0.15, -0.1) is 0 Å². The minimum Gasteiger partial charge on any atom is -0.399 e. The fraction of sp³-hybridized carbons (Fsp3) is 0.312. The van der Waals surface area contributed by atoms with Crippen molar-refractivity contribution in [2.45, 2.75) is 32.9 Å². The number of benzene rings is 1. The van der Waals surface area contributed by atoms with E-state index in [9.17, 15) is 4.79 Å². The van der Waals surface area contributed by atoms with E-state index in [1.807, 2.05) is 48.0 Å². The molecule has 0 saturated carbocycles. The number of hydrogen-bond acceptors (Lipinski definition) is 2. The summed E-state index contributed by atoms with van der Waals surface area (Å²) in [6.07, 6.45) is 2.92. The molecule has 4 nitrogen and oxygen atoms in total. The SMILES string of the molecule is CCCn1cc(Br)cc1C(=O)NC(C)c1ccc(N)cc1. The molecule has 0 bridgehead atoms. The van der Waals surface area contributed by atoms with Gasteiger partial charge in [-0.3, -0.25) is 4.79 Å². The highest BCUT2D eigenvalue weighted by molar-refractivity contribution is 9.10. The van der Waals surface area contributed by atoms with Crippen LogP contribution in [0, 0.1) is 0 Å². The summed E-state index contributed by atoms with van der Waals surface area (Å²) in [5.41, 5.74) is 8.10. The Morgan fingerprint density at radius 1 is 1.38 bits per heavy atom. The van der Waals surface area contributed by atoms with Crippen molar-refractivity contribution in [2.24, 2.45) is 0 Å². The number of carbonyl (C=O) groups excluding carboxylic acids is 1. The maximum Gasteiger partial charge on any atom is 0.268 e. The van der Waals surface area contributed by atoms with Gasteiger partial charge in [0.2, 0.25) is 0 Å². The summed E-state index contributed by atoms with van der Waals surface area (Å²) in [5, 5.41) is 3.02. The standard InChI is InChI=1S/C16H20BrN3O/c1-3-8-20-10-13(17)9-15(20)16(21)19-11(2)12-4-6-14(18)7-5-12/h4-7,9-11H,3,8,18H2,1-2H3,(H,19,21). The molecule has 0 radical (unpaired) electrons. The van der Waals surface area contributed by atoms with Gasteiger partial charge >= 0.3 is 0 Å². The Morgan fingerprint density at radius 3 is 2.67 bits per heavy atom. The molecule has 1 unspecified atom stereocenters. The second-order valence-corrected chi connectivity index (χ2v) is 6.01. The lowest BCUT2D eigenvalue weighted by Gasteiger charge is -2.15. The third-order valence-corrected chi connectivity index (χ3v) is 3.78. The molecule has 1 heterocycles. The van der Waals surface area contributed by atoms with Gasteiger partial charge in [0.05, 0.1) is 6.04 Å². The molecule has 21 heavy (non-hydrogen) atoms. The fourth-order valence-electron chi connectivity index (χ4n) is 2.23. The van der Waals surface area contributed by atoms with Crippen LogP contribution in [0.3, 0.4) is 0 Å². The van der Waals surface area contributed by atoms with Crippen LogP contribution in [0.5, 0.6) is 0 Å². The van der Waals surface area contributed by atoms with Gasteiger partial charge < -0.3 is 15.6 Å². The number of halogens is 1. The minimum absolute atomic E-state index is 0.0677. The largest absolute Gasteiger partial charge is 0.399 e. The second-order valence-electron chi connectivity index (χ2n) is 5.10. The van der Waals surface area contributed by atoms with Gasteiger partial charge in [-0.1, -0.05) is 19.1 Å². The van der Waals surface area contributed by atoms with Crippen LogP contribution in [0.2, 0.25) is 0 Å². The Morgan fingerprint density at radius 2 is 2.05 bits per heavy atom. The number of aryl methyl sites for hydroxylation is 1. The highest BCUT2D eigenvalue weighted by Gasteiger charge is 2.15. The average molecular weight is 350 g/mol. The number of rotatable bonds is 5. The Bertz CT molecular complexity index is 619. The van der Waals surface area contributed by atoms with Gasteiger partial charge in [-0.05, 0) is 53.0 Å². The number of amides is 1. The number of nitrogens with two attached hydrogens (primary N) is 1. The van der Waals surface area contributed by atoms with E-state index < -0.39 is 0 Å². The zero-order valence-electron chi connectivity index (χ0n) is 12.3. The van der Waals surface area contributed by atoms with Crippen molar-refractivity contribution < 1.29 is 4.79 Å². The molecular formula is C16H20BrN3O. The minimum atomic E-state index is -0.0709. The Labute approximate surface area is 133 Å². The summed E-state index contributed by atoms with van der Waals surface area (Å²) in [6, 6.07) is 9.33. The normalized spacial score (nSPS) is 12.1. The predicted octanol–water partition coefficient (Wildman–Crippen LogP) is 3.73. The molecular weight excluding hydrogens is 330 g/mol. The lowest BCUT2D eigenvalue weighted by Crippen LogP contribution is -2.28. The summed E-state index contributed by atoms with van der Waals surface area (Å²) in [6.45, 7) is 4.88.